The predicted octanol–water partition coefficient (Wildman–Crippen LogP) is 2.79. The SMILES string of the molecule is CC1(C)N[C@H](P2(=O)OCCCO2)C(C)(C)S1. The van der Waals surface area contributed by atoms with Gasteiger partial charge >= 0.3 is 7.60 Å². The highest BCUT2D eigenvalue weighted by atomic mass is 32.2. The molecular weight excluding hydrogens is 245 g/mol. The van der Waals surface area contributed by atoms with Gasteiger partial charge in [-0.1, -0.05) is 0 Å². The average Bonchev–Trinajstić information content (AvgIpc) is 2.36. The first-order valence-corrected chi connectivity index (χ1v) is 8.05. The van der Waals surface area contributed by atoms with Gasteiger partial charge in [-0.15, -0.1) is 11.8 Å². The van der Waals surface area contributed by atoms with Crippen LogP contribution in [0.25, 0.3) is 0 Å². The van der Waals surface area contributed by atoms with Crippen molar-refractivity contribution in [3.63, 3.8) is 0 Å². The van der Waals surface area contributed by atoms with Crippen LogP contribution in [0.4, 0.5) is 0 Å². The molecule has 0 saturated carbocycles. The molecule has 2 rings (SSSR count). The molecule has 2 saturated heterocycles. The van der Waals surface area contributed by atoms with Gasteiger partial charge in [0.2, 0.25) is 0 Å². The van der Waals surface area contributed by atoms with E-state index < -0.39 is 7.60 Å². The van der Waals surface area contributed by atoms with Gasteiger partial charge in [0, 0.05) is 4.75 Å². The van der Waals surface area contributed by atoms with E-state index in [1.54, 1.807) is 11.8 Å². The van der Waals surface area contributed by atoms with Crippen LogP contribution < -0.4 is 5.32 Å². The molecule has 1 N–H and O–H groups in total. The van der Waals surface area contributed by atoms with Crippen LogP contribution in [-0.4, -0.2) is 28.6 Å². The lowest BCUT2D eigenvalue weighted by molar-refractivity contribution is 0.134. The van der Waals surface area contributed by atoms with Crippen LogP contribution in [0.1, 0.15) is 34.1 Å². The van der Waals surface area contributed by atoms with Crippen LogP contribution in [0.2, 0.25) is 0 Å². The van der Waals surface area contributed by atoms with Crippen LogP contribution in [0.3, 0.4) is 0 Å². The summed E-state index contributed by atoms with van der Waals surface area (Å²) in [5, 5.41) is 3.38. The average molecular weight is 265 g/mol. The first kappa shape index (κ1) is 12.9. The summed E-state index contributed by atoms with van der Waals surface area (Å²) in [6.45, 7) is 9.44. The highest BCUT2D eigenvalue weighted by Gasteiger charge is 2.55. The molecule has 0 aromatic carbocycles. The van der Waals surface area contributed by atoms with E-state index in [4.69, 9.17) is 9.05 Å². The highest BCUT2D eigenvalue weighted by Crippen LogP contribution is 2.63. The summed E-state index contributed by atoms with van der Waals surface area (Å²) >= 11 is 1.78. The first-order valence-electron chi connectivity index (χ1n) is 5.62. The third-order valence-electron chi connectivity index (χ3n) is 2.81. The van der Waals surface area contributed by atoms with E-state index in [1.165, 1.54) is 0 Å². The number of rotatable bonds is 1. The molecule has 0 spiro atoms. The Morgan fingerprint density at radius 2 is 1.81 bits per heavy atom. The minimum absolute atomic E-state index is 0.0876. The smallest absolute Gasteiger partial charge is 0.307 e. The zero-order valence-electron chi connectivity index (χ0n) is 10.3. The van der Waals surface area contributed by atoms with Gasteiger partial charge in [-0.3, -0.25) is 9.88 Å². The van der Waals surface area contributed by atoms with Crippen LogP contribution in [-0.2, 0) is 13.6 Å². The van der Waals surface area contributed by atoms with Crippen LogP contribution in [0.5, 0.6) is 0 Å². The fourth-order valence-corrected chi connectivity index (χ4v) is 7.01. The molecule has 6 heteroatoms. The molecular formula is C10H20NO3PS. The van der Waals surface area contributed by atoms with Crippen molar-refractivity contribution in [2.75, 3.05) is 13.2 Å². The zero-order valence-corrected chi connectivity index (χ0v) is 12.0. The molecule has 4 nitrogen and oxygen atoms in total. The maximum atomic E-state index is 12.6. The van der Waals surface area contributed by atoms with Gasteiger partial charge in [-0.05, 0) is 34.1 Å². The van der Waals surface area contributed by atoms with Crippen molar-refractivity contribution in [1.29, 1.82) is 0 Å². The van der Waals surface area contributed by atoms with Gasteiger partial charge in [-0.2, -0.15) is 0 Å². The van der Waals surface area contributed by atoms with E-state index in [0.29, 0.717) is 13.2 Å². The summed E-state index contributed by atoms with van der Waals surface area (Å²) in [4.78, 5) is -0.0876. The fraction of sp³-hybridized carbons (Fsp3) is 1.00. The Kier molecular flexibility index (Phi) is 3.22. The Bertz CT molecular complexity index is 322. The Morgan fingerprint density at radius 1 is 1.25 bits per heavy atom. The molecule has 0 bridgehead atoms. The van der Waals surface area contributed by atoms with Crippen molar-refractivity contribution in [3.05, 3.63) is 0 Å². The van der Waals surface area contributed by atoms with Gasteiger partial charge < -0.3 is 9.05 Å². The fourth-order valence-electron chi connectivity index (χ4n) is 2.33. The molecule has 0 aromatic rings. The van der Waals surface area contributed by atoms with E-state index in [-0.39, 0.29) is 15.4 Å². The molecule has 0 amide bonds. The van der Waals surface area contributed by atoms with E-state index in [2.05, 4.69) is 33.0 Å². The summed E-state index contributed by atoms with van der Waals surface area (Å²) in [7, 11) is -2.99. The molecule has 2 aliphatic rings. The van der Waals surface area contributed by atoms with Crippen molar-refractivity contribution >= 4 is 19.4 Å². The van der Waals surface area contributed by atoms with Gasteiger partial charge in [0.15, 0.2) is 0 Å². The van der Waals surface area contributed by atoms with E-state index in [1.807, 2.05) is 0 Å². The number of hydrogen-bond donors (Lipinski definition) is 1. The second-order valence-electron chi connectivity index (χ2n) is 5.32. The first-order chi connectivity index (χ1) is 7.25. The van der Waals surface area contributed by atoms with Crippen molar-refractivity contribution < 1.29 is 13.6 Å². The van der Waals surface area contributed by atoms with Crippen molar-refractivity contribution in [2.24, 2.45) is 0 Å². The van der Waals surface area contributed by atoms with Crippen LogP contribution >= 0.6 is 19.4 Å². The Labute approximate surface area is 101 Å². The van der Waals surface area contributed by atoms with Gasteiger partial charge in [0.05, 0.1) is 18.1 Å². The van der Waals surface area contributed by atoms with Gasteiger partial charge in [0.1, 0.15) is 5.78 Å². The summed E-state index contributed by atoms with van der Waals surface area (Å²) < 4.78 is 23.3. The third-order valence-corrected chi connectivity index (χ3v) is 6.87. The highest BCUT2D eigenvalue weighted by molar-refractivity contribution is 8.02. The number of hydrogen-bond acceptors (Lipinski definition) is 5. The summed E-state index contributed by atoms with van der Waals surface area (Å²) in [5.74, 6) is -0.222. The molecule has 1 atom stereocenters. The zero-order chi connectivity index (χ0) is 12.0. The molecule has 2 heterocycles. The second-order valence-corrected chi connectivity index (χ2v) is 9.71. The lowest BCUT2D eigenvalue weighted by atomic mass is 10.2. The summed E-state index contributed by atoms with van der Waals surface area (Å²) in [6.07, 6.45) is 0.827. The Balaban J connectivity index is 2.23. The molecule has 0 aromatic heterocycles. The van der Waals surface area contributed by atoms with Gasteiger partial charge in [-0.25, -0.2) is 0 Å². The molecule has 2 fully saturated rings. The molecule has 16 heavy (non-hydrogen) atoms. The van der Waals surface area contributed by atoms with Crippen molar-refractivity contribution in [1.82, 2.24) is 5.32 Å². The van der Waals surface area contributed by atoms with Crippen molar-refractivity contribution in [2.45, 2.75) is 49.5 Å². The van der Waals surface area contributed by atoms with E-state index >= 15 is 0 Å². The molecule has 0 radical (unpaired) electrons. The monoisotopic (exact) mass is 265 g/mol. The molecule has 0 unspecified atom stereocenters. The van der Waals surface area contributed by atoms with E-state index in [9.17, 15) is 4.57 Å². The maximum absolute atomic E-state index is 12.6. The molecule has 2 aliphatic heterocycles. The third kappa shape index (κ3) is 2.34. The topological polar surface area (TPSA) is 47.6 Å². The number of thioether (sulfide) groups is 1. The minimum Gasteiger partial charge on any atom is -0.307 e. The summed E-state index contributed by atoms with van der Waals surface area (Å²) in [5.41, 5.74) is 0. The lowest BCUT2D eigenvalue weighted by Gasteiger charge is -2.33. The lowest BCUT2D eigenvalue weighted by Crippen LogP contribution is -2.42. The maximum Gasteiger partial charge on any atom is 0.348 e. The largest absolute Gasteiger partial charge is 0.348 e. The van der Waals surface area contributed by atoms with Crippen LogP contribution in [0, 0.1) is 0 Å². The quantitative estimate of drug-likeness (QED) is 0.739. The number of nitrogens with one attached hydrogen (secondary N) is 1. The molecule has 0 aliphatic carbocycles. The normalized spacial score (nSPS) is 36.1. The molecule has 94 valence electrons. The predicted molar refractivity (Wildman–Crippen MR) is 66.8 cm³/mol. The summed E-state index contributed by atoms with van der Waals surface area (Å²) in [6, 6.07) is 0. The standard InChI is InChI=1S/C10H20NO3PS/c1-9(2)8(11-10(3,4)16-9)15(12)13-6-5-7-14-15/h8,11H,5-7H2,1-4H3/t8-/m1/s1. The minimum atomic E-state index is -2.99. The second kappa shape index (κ2) is 3.99. The Morgan fingerprint density at radius 3 is 2.25 bits per heavy atom. The van der Waals surface area contributed by atoms with E-state index in [0.717, 1.165) is 6.42 Å². The Hall–Kier alpha value is 0.460. The van der Waals surface area contributed by atoms with Crippen molar-refractivity contribution in [3.8, 4) is 0 Å². The van der Waals surface area contributed by atoms with Gasteiger partial charge in [0.25, 0.3) is 0 Å². The van der Waals surface area contributed by atoms with Crippen LogP contribution in [0.15, 0.2) is 0 Å².